The third kappa shape index (κ3) is 2.65. The van der Waals surface area contributed by atoms with Gasteiger partial charge in [-0.2, -0.15) is 13.2 Å². The van der Waals surface area contributed by atoms with Crippen molar-refractivity contribution in [3.63, 3.8) is 0 Å². The summed E-state index contributed by atoms with van der Waals surface area (Å²) in [5.41, 5.74) is 4.81. The molecule has 2 rings (SSSR count). The number of halogens is 3. The van der Waals surface area contributed by atoms with Gasteiger partial charge >= 0.3 is 12.1 Å². The van der Waals surface area contributed by atoms with Crippen LogP contribution in [0.2, 0.25) is 0 Å². The molecule has 2 aromatic heterocycles. The minimum absolute atomic E-state index is 0.215. The first-order valence-electron chi connectivity index (χ1n) is 4.85. The summed E-state index contributed by atoms with van der Waals surface area (Å²) in [4.78, 5) is 25.5. The first kappa shape index (κ1) is 13.3. The smallest absolute Gasteiger partial charge is 0.364 e. The van der Waals surface area contributed by atoms with E-state index < -0.39 is 18.0 Å². The Hall–Kier alpha value is -2.16. The maximum atomic E-state index is 12.2. The van der Waals surface area contributed by atoms with Crippen LogP contribution >= 0.6 is 11.3 Å². The maximum Gasteiger partial charge on any atom is 0.471 e. The standard InChI is InChI=1S/C10H6F3N3O2S/c11-10(12,13)9(18)16-8-4-1-2-19-6(4)3-5(15-8)7(14)17/h1-3H,(H2,14,17)(H,15,16,18). The molecule has 19 heavy (non-hydrogen) atoms. The molecule has 9 heteroatoms. The fourth-order valence-corrected chi connectivity index (χ4v) is 2.19. The highest BCUT2D eigenvalue weighted by Crippen LogP contribution is 2.28. The molecule has 0 radical (unpaired) electrons. The van der Waals surface area contributed by atoms with Crippen molar-refractivity contribution < 1.29 is 22.8 Å². The van der Waals surface area contributed by atoms with Crippen LogP contribution in [-0.4, -0.2) is 23.0 Å². The number of rotatable bonds is 2. The van der Waals surface area contributed by atoms with Crippen LogP contribution in [0.5, 0.6) is 0 Å². The Bertz CT molecular complexity index is 666. The molecule has 0 atom stereocenters. The number of aromatic nitrogens is 1. The fraction of sp³-hybridized carbons (Fsp3) is 0.100. The third-order valence-corrected chi connectivity index (χ3v) is 3.06. The zero-order chi connectivity index (χ0) is 14.2. The Balaban J connectivity index is 2.49. The minimum atomic E-state index is -5.03. The number of pyridine rings is 1. The fourth-order valence-electron chi connectivity index (χ4n) is 1.37. The monoisotopic (exact) mass is 289 g/mol. The molecule has 0 aliphatic carbocycles. The van der Waals surface area contributed by atoms with Crippen molar-refractivity contribution in [1.82, 2.24) is 4.98 Å². The largest absolute Gasteiger partial charge is 0.471 e. The maximum absolute atomic E-state index is 12.2. The second-order valence-corrected chi connectivity index (χ2v) is 4.45. The van der Waals surface area contributed by atoms with Gasteiger partial charge in [0.05, 0.1) is 0 Å². The first-order chi connectivity index (χ1) is 8.79. The van der Waals surface area contributed by atoms with E-state index in [1.807, 2.05) is 0 Å². The molecule has 2 amide bonds. The molecular weight excluding hydrogens is 283 g/mol. The molecule has 0 spiro atoms. The molecule has 0 aromatic carbocycles. The summed E-state index contributed by atoms with van der Waals surface area (Å²) in [6.07, 6.45) is -5.03. The highest BCUT2D eigenvalue weighted by Gasteiger charge is 2.39. The van der Waals surface area contributed by atoms with Crippen molar-refractivity contribution in [2.24, 2.45) is 5.73 Å². The van der Waals surface area contributed by atoms with E-state index in [1.54, 1.807) is 10.7 Å². The number of alkyl halides is 3. The zero-order valence-electron chi connectivity index (χ0n) is 9.12. The van der Waals surface area contributed by atoms with E-state index >= 15 is 0 Å². The molecule has 0 saturated heterocycles. The number of nitrogens with two attached hydrogens (primary N) is 1. The number of carbonyl (C=O) groups is 2. The Morgan fingerprint density at radius 2 is 2.05 bits per heavy atom. The molecule has 2 heterocycles. The van der Waals surface area contributed by atoms with Crippen molar-refractivity contribution in [1.29, 1.82) is 0 Å². The van der Waals surface area contributed by atoms with Gasteiger partial charge in [0, 0.05) is 10.1 Å². The predicted octanol–water partition coefficient (Wildman–Crippen LogP) is 1.90. The van der Waals surface area contributed by atoms with Gasteiger partial charge in [-0.3, -0.25) is 9.59 Å². The number of nitrogens with one attached hydrogen (secondary N) is 1. The zero-order valence-corrected chi connectivity index (χ0v) is 9.93. The van der Waals surface area contributed by atoms with E-state index in [-0.39, 0.29) is 11.5 Å². The van der Waals surface area contributed by atoms with Gasteiger partial charge in [-0.1, -0.05) is 0 Å². The SMILES string of the molecule is NC(=O)c1cc2sccc2c(NC(=O)C(F)(F)F)n1. The van der Waals surface area contributed by atoms with Gasteiger partial charge in [0.2, 0.25) is 0 Å². The number of amides is 2. The normalized spacial score (nSPS) is 11.5. The number of nitrogens with zero attached hydrogens (tertiary/aromatic N) is 1. The quantitative estimate of drug-likeness (QED) is 0.885. The van der Waals surface area contributed by atoms with Crippen LogP contribution in [0.4, 0.5) is 19.0 Å². The molecule has 0 unspecified atom stereocenters. The van der Waals surface area contributed by atoms with Gasteiger partial charge in [-0.15, -0.1) is 11.3 Å². The summed E-state index contributed by atoms with van der Waals surface area (Å²) in [5.74, 6) is -3.39. The van der Waals surface area contributed by atoms with Gasteiger partial charge in [0.25, 0.3) is 5.91 Å². The lowest BCUT2D eigenvalue weighted by Gasteiger charge is -2.09. The van der Waals surface area contributed by atoms with E-state index in [0.717, 1.165) is 0 Å². The van der Waals surface area contributed by atoms with Crippen molar-refractivity contribution in [3.05, 3.63) is 23.2 Å². The van der Waals surface area contributed by atoms with Gasteiger partial charge in [-0.25, -0.2) is 4.98 Å². The molecule has 0 aliphatic heterocycles. The van der Waals surface area contributed by atoms with Gasteiger partial charge in [-0.05, 0) is 17.5 Å². The van der Waals surface area contributed by atoms with E-state index in [9.17, 15) is 22.8 Å². The molecule has 0 saturated carbocycles. The van der Waals surface area contributed by atoms with E-state index in [2.05, 4.69) is 4.98 Å². The summed E-state index contributed by atoms with van der Waals surface area (Å²) >= 11 is 1.19. The summed E-state index contributed by atoms with van der Waals surface area (Å²) in [6, 6.07) is 2.84. The molecule has 3 N–H and O–H groups in total. The highest BCUT2D eigenvalue weighted by molar-refractivity contribution is 7.17. The second-order valence-electron chi connectivity index (χ2n) is 3.50. The summed E-state index contributed by atoms with van der Waals surface area (Å²) < 4.78 is 37.1. The molecule has 0 bridgehead atoms. The van der Waals surface area contributed by atoms with Crippen LogP contribution in [0, 0.1) is 0 Å². The molecule has 5 nitrogen and oxygen atoms in total. The number of primary amides is 1. The lowest BCUT2D eigenvalue weighted by Crippen LogP contribution is -2.30. The van der Waals surface area contributed by atoms with Crippen LogP contribution in [0.15, 0.2) is 17.5 Å². The number of thiophene rings is 1. The van der Waals surface area contributed by atoms with Crippen molar-refractivity contribution >= 4 is 39.1 Å². The third-order valence-electron chi connectivity index (χ3n) is 2.19. The Labute approximate surface area is 108 Å². The number of fused-ring (bicyclic) bond motifs is 1. The Morgan fingerprint density at radius 1 is 1.37 bits per heavy atom. The summed E-state index contributed by atoms with van der Waals surface area (Å²) in [6.45, 7) is 0. The lowest BCUT2D eigenvalue weighted by molar-refractivity contribution is -0.167. The van der Waals surface area contributed by atoms with E-state index in [0.29, 0.717) is 10.1 Å². The van der Waals surface area contributed by atoms with Crippen LogP contribution < -0.4 is 11.1 Å². The number of hydrogen-bond acceptors (Lipinski definition) is 4. The van der Waals surface area contributed by atoms with Gasteiger partial charge in [0.15, 0.2) is 0 Å². The average molecular weight is 289 g/mol. The van der Waals surface area contributed by atoms with Crippen molar-refractivity contribution in [2.75, 3.05) is 5.32 Å². The lowest BCUT2D eigenvalue weighted by atomic mass is 10.2. The van der Waals surface area contributed by atoms with Crippen LogP contribution in [-0.2, 0) is 4.79 Å². The molecule has 100 valence electrons. The second kappa shape index (κ2) is 4.50. The summed E-state index contributed by atoms with van der Waals surface area (Å²) in [7, 11) is 0. The average Bonchev–Trinajstić information content (AvgIpc) is 2.75. The molecule has 0 aliphatic rings. The topological polar surface area (TPSA) is 85.1 Å². The molecule has 2 aromatic rings. The Morgan fingerprint density at radius 3 is 2.63 bits per heavy atom. The number of carbonyl (C=O) groups excluding carboxylic acids is 2. The minimum Gasteiger partial charge on any atom is -0.364 e. The summed E-state index contributed by atoms with van der Waals surface area (Å²) in [5, 5.41) is 3.54. The van der Waals surface area contributed by atoms with Crippen LogP contribution in [0.3, 0.4) is 0 Å². The van der Waals surface area contributed by atoms with Crippen LogP contribution in [0.1, 0.15) is 10.5 Å². The van der Waals surface area contributed by atoms with E-state index in [1.165, 1.54) is 23.5 Å². The first-order valence-corrected chi connectivity index (χ1v) is 5.73. The van der Waals surface area contributed by atoms with Crippen molar-refractivity contribution in [3.8, 4) is 0 Å². The van der Waals surface area contributed by atoms with Crippen molar-refractivity contribution in [2.45, 2.75) is 6.18 Å². The Kier molecular flexibility index (Phi) is 3.14. The predicted molar refractivity (Wildman–Crippen MR) is 62.8 cm³/mol. The molecule has 0 fully saturated rings. The van der Waals surface area contributed by atoms with Gasteiger partial charge < -0.3 is 11.1 Å². The highest BCUT2D eigenvalue weighted by atomic mass is 32.1. The van der Waals surface area contributed by atoms with E-state index in [4.69, 9.17) is 5.73 Å². The number of hydrogen-bond donors (Lipinski definition) is 2. The molecular formula is C10H6F3N3O2S. The van der Waals surface area contributed by atoms with Gasteiger partial charge in [0.1, 0.15) is 11.5 Å². The van der Waals surface area contributed by atoms with Crippen LogP contribution in [0.25, 0.3) is 10.1 Å². The number of anilines is 1.